The zero-order valence-corrected chi connectivity index (χ0v) is 6.48. The molecule has 0 saturated carbocycles. The Labute approximate surface area is 65.0 Å². The van der Waals surface area contributed by atoms with Crippen molar-refractivity contribution in [3.63, 3.8) is 0 Å². The highest BCUT2D eigenvalue weighted by molar-refractivity contribution is 9.10. The van der Waals surface area contributed by atoms with Crippen molar-refractivity contribution in [3.05, 3.63) is 23.3 Å². The highest BCUT2D eigenvalue weighted by atomic mass is 79.9. The van der Waals surface area contributed by atoms with Crippen molar-refractivity contribution in [3.8, 4) is 0 Å². The predicted molar refractivity (Wildman–Crippen MR) is 38.5 cm³/mol. The Bertz CT molecular complexity index is 355. The van der Waals surface area contributed by atoms with Gasteiger partial charge >= 0.3 is 0 Å². The maximum atomic E-state index is 3.98. The summed E-state index contributed by atoms with van der Waals surface area (Å²) < 4.78 is 2.49. The van der Waals surface area contributed by atoms with Crippen LogP contribution in [-0.2, 0) is 0 Å². The molecule has 0 spiro atoms. The van der Waals surface area contributed by atoms with Gasteiger partial charge in [-0.2, -0.15) is 5.10 Å². The average molecular weight is 199 g/mol. The van der Waals surface area contributed by atoms with E-state index in [-0.39, 0.29) is 0 Å². The van der Waals surface area contributed by atoms with E-state index < -0.39 is 0 Å². The fraction of sp³-hybridized carbons (Fsp3) is 0. The summed E-state index contributed by atoms with van der Waals surface area (Å²) in [5, 5.41) is 3.96. The van der Waals surface area contributed by atoms with Gasteiger partial charge in [0, 0.05) is 0 Å². The van der Waals surface area contributed by atoms with Crippen molar-refractivity contribution in [1.29, 1.82) is 0 Å². The zero-order valence-electron chi connectivity index (χ0n) is 4.90. The Morgan fingerprint density at radius 1 is 1.50 bits per heavy atom. The van der Waals surface area contributed by atoms with Crippen LogP contribution in [0.3, 0.4) is 0 Å². The molecule has 0 aromatic carbocycles. The molecule has 2 heterocycles. The lowest BCUT2D eigenvalue weighted by atomic mass is 10.7. The molecule has 0 N–H and O–H groups in total. The van der Waals surface area contributed by atoms with Gasteiger partial charge in [0.15, 0.2) is 5.65 Å². The minimum atomic E-state index is 0.787. The number of hydrogen-bond donors (Lipinski definition) is 0. The van der Waals surface area contributed by atoms with Crippen LogP contribution in [0.1, 0.15) is 0 Å². The van der Waals surface area contributed by atoms with Crippen molar-refractivity contribution in [2.24, 2.45) is 0 Å². The highest BCUT2D eigenvalue weighted by Gasteiger charge is 1.98. The second-order valence-electron chi connectivity index (χ2n) is 1.77. The number of nitrogens with zero attached hydrogens (tertiary/aromatic N) is 4. The van der Waals surface area contributed by atoms with Crippen molar-refractivity contribution in [2.75, 3.05) is 0 Å². The fourth-order valence-electron chi connectivity index (χ4n) is 0.721. The van der Waals surface area contributed by atoms with Crippen LogP contribution in [0.15, 0.2) is 23.3 Å². The monoisotopic (exact) mass is 198 g/mol. The Kier molecular flexibility index (Phi) is 1.17. The van der Waals surface area contributed by atoms with Crippen LogP contribution in [0.4, 0.5) is 0 Å². The average Bonchev–Trinajstić information content (AvgIpc) is 2.34. The van der Waals surface area contributed by atoms with Gasteiger partial charge < -0.3 is 0 Å². The Morgan fingerprint density at radius 2 is 2.40 bits per heavy atom. The largest absolute Gasteiger partial charge is 0.225 e. The number of aromatic nitrogens is 4. The number of rotatable bonds is 0. The molecule has 0 fully saturated rings. The molecule has 4 nitrogen and oxygen atoms in total. The summed E-state index contributed by atoms with van der Waals surface area (Å²) >= 11 is 3.29. The quantitative estimate of drug-likeness (QED) is 0.632. The summed E-state index contributed by atoms with van der Waals surface area (Å²) in [6.07, 6.45) is 4.78. The first-order chi connectivity index (χ1) is 4.88. The van der Waals surface area contributed by atoms with Gasteiger partial charge in [-0.3, -0.25) is 0 Å². The normalized spacial score (nSPS) is 10.5. The second-order valence-corrected chi connectivity index (χ2v) is 2.62. The van der Waals surface area contributed by atoms with E-state index in [1.807, 2.05) is 0 Å². The summed E-state index contributed by atoms with van der Waals surface area (Å²) in [5.74, 6) is 0. The van der Waals surface area contributed by atoms with Crippen molar-refractivity contribution < 1.29 is 0 Å². The van der Waals surface area contributed by atoms with E-state index in [0.29, 0.717) is 0 Å². The third-order valence-electron chi connectivity index (χ3n) is 1.15. The molecule has 0 aliphatic carbocycles. The summed E-state index contributed by atoms with van der Waals surface area (Å²) in [6, 6.07) is 0. The topological polar surface area (TPSA) is 43.1 Å². The second kappa shape index (κ2) is 2.02. The molecule has 5 heteroatoms. The number of halogens is 1. The van der Waals surface area contributed by atoms with E-state index >= 15 is 0 Å². The van der Waals surface area contributed by atoms with Crippen molar-refractivity contribution in [2.45, 2.75) is 0 Å². The molecule has 0 radical (unpaired) electrons. The molecule has 0 atom stereocenters. The molecule has 2 aromatic heterocycles. The summed E-state index contributed by atoms with van der Waals surface area (Å²) in [6.45, 7) is 0. The Morgan fingerprint density at radius 3 is 3.20 bits per heavy atom. The van der Waals surface area contributed by atoms with Gasteiger partial charge in [0.1, 0.15) is 12.7 Å². The van der Waals surface area contributed by atoms with Crippen molar-refractivity contribution in [1.82, 2.24) is 19.6 Å². The third kappa shape index (κ3) is 0.706. The fourth-order valence-corrected chi connectivity index (χ4v) is 1.10. The standard InChI is InChI=1S/C5H3BrN4/c6-4-1-9-10-3-7-2-8-5(4)10/h1-3H. The van der Waals surface area contributed by atoms with E-state index in [2.05, 4.69) is 31.0 Å². The Hall–Kier alpha value is -0.970. The van der Waals surface area contributed by atoms with Gasteiger partial charge in [0.2, 0.25) is 0 Å². The summed E-state index contributed by atoms with van der Waals surface area (Å²) in [7, 11) is 0. The molecule has 2 rings (SSSR count). The maximum absolute atomic E-state index is 3.98. The van der Waals surface area contributed by atoms with Gasteiger partial charge in [-0.1, -0.05) is 0 Å². The van der Waals surface area contributed by atoms with E-state index in [4.69, 9.17) is 0 Å². The molecule has 0 bridgehead atoms. The summed E-state index contributed by atoms with van der Waals surface area (Å²) in [5.41, 5.74) is 0.787. The first-order valence-corrected chi connectivity index (χ1v) is 3.46. The van der Waals surface area contributed by atoms with E-state index in [0.717, 1.165) is 10.1 Å². The van der Waals surface area contributed by atoms with Crippen LogP contribution in [0.25, 0.3) is 5.65 Å². The van der Waals surface area contributed by atoms with Crippen LogP contribution in [0.5, 0.6) is 0 Å². The van der Waals surface area contributed by atoms with Crippen molar-refractivity contribution >= 4 is 21.6 Å². The molecule has 0 saturated heterocycles. The van der Waals surface area contributed by atoms with E-state index in [1.54, 1.807) is 17.0 Å². The lowest BCUT2D eigenvalue weighted by Crippen LogP contribution is -1.89. The molecular weight excluding hydrogens is 196 g/mol. The van der Waals surface area contributed by atoms with Gasteiger partial charge in [-0.15, -0.1) is 0 Å². The van der Waals surface area contributed by atoms with Crippen LogP contribution < -0.4 is 0 Å². The minimum Gasteiger partial charge on any atom is -0.225 e. The predicted octanol–water partition coefficient (Wildman–Crippen LogP) is 0.887. The molecule has 50 valence electrons. The first-order valence-electron chi connectivity index (χ1n) is 2.67. The van der Waals surface area contributed by atoms with Gasteiger partial charge in [0.25, 0.3) is 0 Å². The number of fused-ring (bicyclic) bond motifs is 1. The van der Waals surface area contributed by atoms with Crippen LogP contribution in [0.2, 0.25) is 0 Å². The van der Waals surface area contributed by atoms with Gasteiger partial charge in [0.05, 0.1) is 10.7 Å². The van der Waals surface area contributed by atoms with Crippen LogP contribution in [-0.4, -0.2) is 19.6 Å². The zero-order chi connectivity index (χ0) is 6.97. The third-order valence-corrected chi connectivity index (χ3v) is 1.71. The first kappa shape index (κ1) is 5.79. The molecule has 0 unspecified atom stereocenters. The Balaban J connectivity index is 2.93. The molecular formula is C5H3BrN4. The molecule has 0 aliphatic heterocycles. The molecule has 2 aromatic rings. The summed E-state index contributed by atoms with van der Waals surface area (Å²) in [4.78, 5) is 7.78. The van der Waals surface area contributed by atoms with Gasteiger partial charge in [-0.05, 0) is 15.9 Å². The van der Waals surface area contributed by atoms with E-state index in [9.17, 15) is 0 Å². The molecule has 0 aliphatic rings. The SMILES string of the molecule is Brc1cnn2cncnc12. The molecule has 0 amide bonds. The molecule has 10 heavy (non-hydrogen) atoms. The highest BCUT2D eigenvalue weighted by Crippen LogP contribution is 2.12. The lowest BCUT2D eigenvalue weighted by Gasteiger charge is -1.86. The lowest BCUT2D eigenvalue weighted by molar-refractivity contribution is 0.891. The maximum Gasteiger partial charge on any atom is 0.172 e. The van der Waals surface area contributed by atoms with Crippen LogP contribution >= 0.6 is 15.9 Å². The smallest absolute Gasteiger partial charge is 0.172 e. The van der Waals surface area contributed by atoms with Crippen LogP contribution in [0, 0.1) is 0 Å². The number of hydrogen-bond acceptors (Lipinski definition) is 3. The minimum absolute atomic E-state index is 0.787. The van der Waals surface area contributed by atoms with Gasteiger partial charge in [-0.25, -0.2) is 14.5 Å². The van der Waals surface area contributed by atoms with E-state index in [1.165, 1.54) is 6.33 Å².